The van der Waals surface area contributed by atoms with Crippen LogP contribution in [0, 0.1) is 0 Å². The molecule has 0 heterocycles. The summed E-state index contributed by atoms with van der Waals surface area (Å²) < 4.78 is 67.5. The van der Waals surface area contributed by atoms with Crippen LogP contribution in [0.3, 0.4) is 0 Å². The van der Waals surface area contributed by atoms with Gasteiger partial charge in [-0.25, -0.2) is 0 Å². The van der Waals surface area contributed by atoms with Crippen molar-refractivity contribution in [3.05, 3.63) is 23.3 Å². The summed E-state index contributed by atoms with van der Waals surface area (Å²) in [5.41, 5.74) is 1.08. The van der Waals surface area contributed by atoms with E-state index in [1.165, 1.54) is 57.8 Å². The fourth-order valence-electron chi connectivity index (χ4n) is 4.53. The standard InChI is InChI=1S/C26H46O6S2.Na.H/c1-3-5-7-9-11-13-15-17-19-23-21-22-25(33(27,28)29)26(34(30,31)32)24(23)20-18-16-14-12-10-8-6-4-2;;/h21-22H,3-20H2,1-2H3,(H,27,28,29)(H,30,31,32);;/q;+1;-1. The maximum Gasteiger partial charge on any atom is 1.00 e. The molecule has 0 saturated heterocycles. The number of rotatable bonds is 20. The summed E-state index contributed by atoms with van der Waals surface area (Å²) in [7, 11) is -9.60. The molecule has 0 aliphatic rings. The average Bonchev–Trinajstić information content (AvgIpc) is 2.76. The van der Waals surface area contributed by atoms with E-state index < -0.39 is 30.0 Å². The van der Waals surface area contributed by atoms with Crippen molar-refractivity contribution in [2.24, 2.45) is 0 Å². The molecule has 0 radical (unpaired) electrons. The molecule has 1 aromatic rings. The molecule has 2 N–H and O–H groups in total. The van der Waals surface area contributed by atoms with Crippen molar-refractivity contribution in [2.45, 2.75) is 139 Å². The van der Waals surface area contributed by atoms with Crippen LogP contribution >= 0.6 is 0 Å². The average molecular weight is 543 g/mol. The molecular formula is C26H47NaO6S2. The summed E-state index contributed by atoms with van der Waals surface area (Å²) in [6, 6.07) is 2.70. The molecule has 0 spiro atoms. The Kier molecular flexibility index (Phi) is 19.2. The summed E-state index contributed by atoms with van der Waals surface area (Å²) in [6.45, 7) is 4.37. The van der Waals surface area contributed by atoms with Crippen molar-refractivity contribution >= 4 is 20.2 Å². The molecule has 1 rings (SSSR count). The Morgan fingerprint density at radius 1 is 0.600 bits per heavy atom. The molecule has 35 heavy (non-hydrogen) atoms. The summed E-state index contributed by atoms with van der Waals surface area (Å²) in [5, 5.41) is 0. The van der Waals surface area contributed by atoms with Gasteiger partial charge >= 0.3 is 29.6 Å². The number of unbranched alkanes of at least 4 members (excludes halogenated alkanes) is 14. The van der Waals surface area contributed by atoms with E-state index in [2.05, 4.69) is 13.8 Å². The summed E-state index contributed by atoms with van der Waals surface area (Å²) in [5.74, 6) is 0. The first-order valence-electron chi connectivity index (χ1n) is 13.2. The molecule has 0 amide bonds. The van der Waals surface area contributed by atoms with Crippen molar-refractivity contribution in [3.63, 3.8) is 0 Å². The van der Waals surface area contributed by atoms with E-state index in [1.54, 1.807) is 6.07 Å². The van der Waals surface area contributed by atoms with Gasteiger partial charge in [-0.1, -0.05) is 110 Å². The first-order valence-corrected chi connectivity index (χ1v) is 16.1. The van der Waals surface area contributed by atoms with Crippen molar-refractivity contribution in [1.29, 1.82) is 0 Å². The van der Waals surface area contributed by atoms with Crippen LogP contribution in [0.1, 0.15) is 129 Å². The van der Waals surface area contributed by atoms with E-state index in [0.717, 1.165) is 50.2 Å². The van der Waals surface area contributed by atoms with Gasteiger partial charge in [-0.05, 0) is 42.9 Å². The smallest absolute Gasteiger partial charge is 1.00 e. The van der Waals surface area contributed by atoms with Gasteiger partial charge < -0.3 is 1.43 Å². The van der Waals surface area contributed by atoms with Crippen molar-refractivity contribution in [2.75, 3.05) is 0 Å². The maximum atomic E-state index is 12.2. The number of hydrogen-bond acceptors (Lipinski definition) is 4. The Morgan fingerprint density at radius 2 is 1.00 bits per heavy atom. The van der Waals surface area contributed by atoms with Gasteiger partial charge in [0.15, 0.2) is 0 Å². The minimum absolute atomic E-state index is 0. The molecule has 0 saturated carbocycles. The van der Waals surface area contributed by atoms with Crippen LogP contribution < -0.4 is 29.6 Å². The van der Waals surface area contributed by atoms with Crippen molar-refractivity contribution in [1.82, 2.24) is 0 Å². The third-order valence-corrected chi connectivity index (χ3v) is 8.44. The maximum absolute atomic E-state index is 12.2. The third kappa shape index (κ3) is 14.5. The zero-order valence-corrected chi connectivity index (χ0v) is 25.9. The van der Waals surface area contributed by atoms with E-state index in [1.807, 2.05) is 0 Å². The Balaban J connectivity index is 0. The Morgan fingerprint density at radius 3 is 1.40 bits per heavy atom. The van der Waals surface area contributed by atoms with E-state index in [4.69, 9.17) is 0 Å². The van der Waals surface area contributed by atoms with Crippen molar-refractivity contribution < 1.29 is 56.9 Å². The number of hydrogen-bond donors (Lipinski definition) is 2. The van der Waals surface area contributed by atoms with E-state index in [0.29, 0.717) is 24.8 Å². The van der Waals surface area contributed by atoms with Gasteiger partial charge in [0.25, 0.3) is 20.2 Å². The van der Waals surface area contributed by atoms with Gasteiger partial charge in [-0.15, -0.1) is 0 Å². The third-order valence-electron chi connectivity index (χ3n) is 6.44. The molecule has 0 aliphatic heterocycles. The zero-order chi connectivity index (χ0) is 25.5. The topological polar surface area (TPSA) is 109 Å². The predicted molar refractivity (Wildman–Crippen MR) is 140 cm³/mol. The fraction of sp³-hybridized carbons (Fsp3) is 0.769. The predicted octanol–water partition coefficient (Wildman–Crippen LogP) is 4.66. The molecule has 0 aromatic heterocycles. The minimum Gasteiger partial charge on any atom is -1.00 e. The Bertz CT molecular complexity index is 921. The van der Waals surface area contributed by atoms with E-state index in [9.17, 15) is 25.9 Å². The summed E-state index contributed by atoms with van der Waals surface area (Å²) in [4.78, 5) is -1.38. The normalized spacial score (nSPS) is 12.0. The Labute approximate surface area is 238 Å². The zero-order valence-electron chi connectivity index (χ0n) is 23.2. The van der Waals surface area contributed by atoms with E-state index in [-0.39, 0.29) is 31.0 Å². The number of aryl methyl sites for hydroxylation is 1. The first-order chi connectivity index (χ1) is 16.1. The van der Waals surface area contributed by atoms with Gasteiger partial charge in [0.2, 0.25) is 0 Å². The van der Waals surface area contributed by atoms with Crippen LogP contribution in [0.25, 0.3) is 0 Å². The monoisotopic (exact) mass is 542 g/mol. The van der Waals surface area contributed by atoms with Gasteiger partial charge in [-0.3, -0.25) is 9.11 Å². The van der Waals surface area contributed by atoms with Gasteiger partial charge in [0.05, 0.1) is 0 Å². The fourth-order valence-corrected chi connectivity index (χ4v) is 6.62. The largest absolute Gasteiger partial charge is 1.00 e. The second-order valence-electron chi connectivity index (χ2n) is 9.43. The van der Waals surface area contributed by atoms with Gasteiger partial charge in [0, 0.05) is 0 Å². The molecule has 0 aliphatic carbocycles. The molecule has 9 heteroatoms. The van der Waals surface area contributed by atoms with Crippen molar-refractivity contribution in [3.8, 4) is 0 Å². The molecule has 1 aromatic carbocycles. The second kappa shape index (κ2) is 19.2. The van der Waals surface area contributed by atoms with E-state index >= 15 is 0 Å². The number of benzene rings is 1. The molecule has 0 unspecified atom stereocenters. The van der Waals surface area contributed by atoms with Crippen LogP contribution in [-0.2, 0) is 33.1 Å². The molecule has 0 bridgehead atoms. The molecule has 0 atom stereocenters. The summed E-state index contributed by atoms with van der Waals surface area (Å²) >= 11 is 0. The molecule has 0 fully saturated rings. The van der Waals surface area contributed by atoms with Crippen LogP contribution in [0.2, 0.25) is 0 Å². The first kappa shape index (κ1) is 35.0. The van der Waals surface area contributed by atoms with Gasteiger partial charge in [-0.2, -0.15) is 16.8 Å². The minimum atomic E-state index is -4.81. The SMILES string of the molecule is CCCCCCCCCCc1ccc(S(=O)(=O)O)c(S(=O)(=O)O)c1CCCCCCCCCC.[H-].[Na+]. The quantitative estimate of drug-likeness (QED) is 0.141. The second-order valence-corrected chi connectivity index (χ2v) is 12.2. The molecular weight excluding hydrogens is 495 g/mol. The van der Waals surface area contributed by atoms with Crippen LogP contribution in [0.15, 0.2) is 21.9 Å². The van der Waals surface area contributed by atoms with Crippen LogP contribution in [-0.4, -0.2) is 25.9 Å². The molecule has 6 nitrogen and oxygen atoms in total. The van der Waals surface area contributed by atoms with Crippen LogP contribution in [0.4, 0.5) is 0 Å². The Hall–Kier alpha value is 0.0400. The molecule has 200 valence electrons. The van der Waals surface area contributed by atoms with Gasteiger partial charge in [0.1, 0.15) is 9.79 Å². The van der Waals surface area contributed by atoms with Crippen LogP contribution in [0.5, 0.6) is 0 Å². The summed E-state index contributed by atoms with van der Waals surface area (Å²) in [6.07, 6.45) is 18.8.